The van der Waals surface area contributed by atoms with Crippen LogP contribution in [0.3, 0.4) is 0 Å². The summed E-state index contributed by atoms with van der Waals surface area (Å²) in [6, 6.07) is 6.73. The van der Waals surface area contributed by atoms with Crippen LogP contribution < -0.4 is 16.7 Å². The van der Waals surface area contributed by atoms with Crippen molar-refractivity contribution in [2.75, 3.05) is 12.0 Å². The minimum atomic E-state index is -0.599. The number of aromatic nitrogens is 4. The van der Waals surface area contributed by atoms with Crippen LogP contribution in [-0.2, 0) is 13.6 Å². The fourth-order valence-electron chi connectivity index (χ4n) is 2.61. The maximum absolute atomic E-state index is 12.2. The summed E-state index contributed by atoms with van der Waals surface area (Å²) in [5, 5.41) is 23.4. The number of aliphatic hydroxyl groups excluding tert-OH is 1. The molecule has 3 aromatic rings. The number of phenolic OH excluding ortho intramolecular Hbond substituents is 1. The van der Waals surface area contributed by atoms with Gasteiger partial charge in [0, 0.05) is 19.2 Å². The first kappa shape index (κ1) is 17.4. The van der Waals surface area contributed by atoms with E-state index in [1.54, 1.807) is 31.2 Å². The van der Waals surface area contributed by atoms with E-state index in [4.69, 9.17) is 0 Å². The lowest BCUT2D eigenvalue weighted by molar-refractivity contribution is 0.278. The second kappa shape index (κ2) is 6.84. The highest BCUT2D eigenvalue weighted by molar-refractivity contribution is 6.01. The zero-order valence-electron chi connectivity index (χ0n) is 14.2. The van der Waals surface area contributed by atoms with E-state index < -0.39 is 11.2 Å². The number of imidazole rings is 1. The summed E-state index contributed by atoms with van der Waals surface area (Å²) in [5.74, 6) is 0.272. The van der Waals surface area contributed by atoms with Crippen molar-refractivity contribution in [2.45, 2.75) is 13.5 Å². The van der Waals surface area contributed by atoms with E-state index in [0.29, 0.717) is 11.3 Å². The number of nitrogens with zero attached hydrogens (tertiary/aromatic N) is 4. The lowest BCUT2D eigenvalue weighted by atomic mass is 10.1. The van der Waals surface area contributed by atoms with Gasteiger partial charge in [0.05, 0.1) is 12.3 Å². The molecule has 0 aliphatic heterocycles. The molecule has 2 aromatic heterocycles. The van der Waals surface area contributed by atoms with Gasteiger partial charge in [-0.15, -0.1) is 0 Å². The molecule has 3 rings (SSSR count). The van der Waals surface area contributed by atoms with E-state index in [-0.39, 0.29) is 36.0 Å². The van der Waals surface area contributed by atoms with E-state index in [1.807, 2.05) is 0 Å². The van der Waals surface area contributed by atoms with Crippen LogP contribution in [0.5, 0.6) is 5.75 Å². The number of H-pyrrole nitrogens is 1. The van der Waals surface area contributed by atoms with Crippen molar-refractivity contribution >= 4 is 22.8 Å². The normalized spacial score (nSPS) is 11.9. The van der Waals surface area contributed by atoms with Gasteiger partial charge in [-0.25, -0.2) is 10.2 Å². The van der Waals surface area contributed by atoms with Crippen LogP contribution in [0.4, 0.5) is 5.95 Å². The number of anilines is 1. The number of para-hydroxylation sites is 1. The Balaban J connectivity index is 2.09. The Morgan fingerprint density at radius 2 is 2.08 bits per heavy atom. The number of rotatable bonds is 5. The highest BCUT2D eigenvalue weighted by atomic mass is 16.3. The predicted octanol–water partition coefficient (Wildman–Crippen LogP) is -0.0427. The van der Waals surface area contributed by atoms with Crippen LogP contribution in [0, 0.1) is 0 Å². The highest BCUT2D eigenvalue weighted by Crippen LogP contribution is 2.18. The third-order valence-corrected chi connectivity index (χ3v) is 3.95. The molecule has 0 bridgehead atoms. The molecule has 1 aromatic carbocycles. The molecule has 2 heterocycles. The zero-order chi connectivity index (χ0) is 18.8. The molecular weight excluding hydrogens is 340 g/mol. The fourth-order valence-corrected chi connectivity index (χ4v) is 2.61. The van der Waals surface area contributed by atoms with Crippen molar-refractivity contribution in [1.82, 2.24) is 19.1 Å². The van der Waals surface area contributed by atoms with Gasteiger partial charge in [0.1, 0.15) is 5.75 Å². The summed E-state index contributed by atoms with van der Waals surface area (Å²) < 4.78 is 2.64. The van der Waals surface area contributed by atoms with E-state index >= 15 is 0 Å². The number of aliphatic hydroxyl groups is 1. The van der Waals surface area contributed by atoms with Gasteiger partial charge >= 0.3 is 5.69 Å². The molecule has 0 radical (unpaired) electrons. The number of aromatic hydroxyl groups is 1. The molecule has 0 amide bonds. The van der Waals surface area contributed by atoms with Crippen LogP contribution >= 0.6 is 0 Å². The molecule has 0 saturated heterocycles. The van der Waals surface area contributed by atoms with E-state index in [2.05, 4.69) is 20.5 Å². The Hall–Kier alpha value is -3.40. The second-order valence-electron chi connectivity index (χ2n) is 5.63. The van der Waals surface area contributed by atoms with Crippen molar-refractivity contribution < 1.29 is 10.2 Å². The molecule has 0 unspecified atom stereocenters. The summed E-state index contributed by atoms with van der Waals surface area (Å²) in [5.41, 5.74) is 2.91. The van der Waals surface area contributed by atoms with Crippen molar-refractivity contribution in [2.24, 2.45) is 12.1 Å². The van der Waals surface area contributed by atoms with Crippen molar-refractivity contribution in [3.05, 3.63) is 50.7 Å². The van der Waals surface area contributed by atoms with Crippen LogP contribution in [-0.4, -0.2) is 41.6 Å². The number of hydrogen-bond donors (Lipinski definition) is 4. The van der Waals surface area contributed by atoms with Crippen LogP contribution in [0.2, 0.25) is 0 Å². The predicted molar refractivity (Wildman–Crippen MR) is 96.6 cm³/mol. The SMILES string of the molecule is C/C(=N/Nc1nc2c(c(=O)[nH]c(=O)n2C)n1CCO)c1ccccc1O. The quantitative estimate of drug-likeness (QED) is 0.373. The highest BCUT2D eigenvalue weighted by Gasteiger charge is 2.17. The van der Waals surface area contributed by atoms with Gasteiger partial charge in [0.2, 0.25) is 5.95 Å². The number of hydrogen-bond acceptors (Lipinski definition) is 7. The smallest absolute Gasteiger partial charge is 0.329 e. The number of aryl methyl sites for hydroxylation is 1. The average molecular weight is 358 g/mol. The molecular formula is C16H18N6O4. The molecule has 10 heteroatoms. The molecule has 0 aliphatic carbocycles. The van der Waals surface area contributed by atoms with E-state index in [1.165, 1.54) is 16.2 Å². The monoisotopic (exact) mass is 358 g/mol. The molecule has 26 heavy (non-hydrogen) atoms. The first-order valence-electron chi connectivity index (χ1n) is 7.83. The van der Waals surface area contributed by atoms with E-state index in [0.717, 1.165) is 0 Å². The van der Waals surface area contributed by atoms with Gasteiger partial charge in [-0.3, -0.25) is 14.3 Å². The lowest BCUT2D eigenvalue weighted by Gasteiger charge is -2.07. The zero-order valence-corrected chi connectivity index (χ0v) is 14.2. The Kier molecular flexibility index (Phi) is 4.59. The number of hydrazone groups is 1. The van der Waals surface area contributed by atoms with Gasteiger partial charge < -0.3 is 14.8 Å². The molecule has 0 saturated carbocycles. The van der Waals surface area contributed by atoms with Gasteiger partial charge in [-0.2, -0.15) is 10.1 Å². The van der Waals surface area contributed by atoms with Crippen molar-refractivity contribution in [1.29, 1.82) is 0 Å². The topological polar surface area (TPSA) is 138 Å². The molecule has 136 valence electrons. The minimum Gasteiger partial charge on any atom is -0.507 e. The van der Waals surface area contributed by atoms with Gasteiger partial charge in [0.15, 0.2) is 11.2 Å². The molecule has 0 aliphatic rings. The summed E-state index contributed by atoms with van der Waals surface area (Å²) in [6.07, 6.45) is 0. The Labute approximate surface area is 147 Å². The summed E-state index contributed by atoms with van der Waals surface area (Å²) in [4.78, 5) is 30.4. The van der Waals surface area contributed by atoms with Crippen LogP contribution in [0.15, 0.2) is 39.0 Å². The Morgan fingerprint density at radius 3 is 2.77 bits per heavy atom. The van der Waals surface area contributed by atoms with Gasteiger partial charge in [-0.1, -0.05) is 12.1 Å². The summed E-state index contributed by atoms with van der Waals surface area (Å²) in [7, 11) is 1.48. The molecule has 0 spiro atoms. The number of benzene rings is 1. The largest absolute Gasteiger partial charge is 0.507 e. The minimum absolute atomic E-state index is 0.0817. The van der Waals surface area contributed by atoms with Gasteiger partial charge in [-0.05, 0) is 19.1 Å². The maximum atomic E-state index is 12.2. The Bertz CT molecular complexity index is 1110. The molecule has 0 atom stereocenters. The molecule has 0 fully saturated rings. The van der Waals surface area contributed by atoms with Crippen LogP contribution in [0.25, 0.3) is 11.2 Å². The lowest BCUT2D eigenvalue weighted by Crippen LogP contribution is -2.29. The summed E-state index contributed by atoms with van der Waals surface area (Å²) >= 11 is 0. The summed E-state index contributed by atoms with van der Waals surface area (Å²) in [6.45, 7) is 1.56. The fraction of sp³-hybridized carbons (Fsp3) is 0.250. The number of phenols is 1. The first-order chi connectivity index (χ1) is 12.4. The van der Waals surface area contributed by atoms with E-state index in [9.17, 15) is 19.8 Å². The third-order valence-electron chi connectivity index (χ3n) is 3.95. The standard InChI is InChI=1S/C16H18N6O4/c1-9(10-5-3-4-6-11(10)24)19-20-15-17-13-12(22(15)7-8-23)14(25)18-16(26)21(13)2/h3-6,23-24H,7-8H2,1-2H3,(H,17,20)(H,18,25,26)/b19-9-. The molecule has 4 N–H and O–H groups in total. The maximum Gasteiger partial charge on any atom is 0.329 e. The number of fused-ring (bicyclic) bond motifs is 1. The number of aromatic amines is 1. The Morgan fingerprint density at radius 1 is 1.35 bits per heavy atom. The third kappa shape index (κ3) is 2.97. The second-order valence-corrected chi connectivity index (χ2v) is 5.63. The first-order valence-corrected chi connectivity index (χ1v) is 7.83. The van der Waals surface area contributed by atoms with Gasteiger partial charge in [0.25, 0.3) is 5.56 Å². The molecule has 10 nitrogen and oxygen atoms in total. The van der Waals surface area contributed by atoms with Crippen molar-refractivity contribution in [3.8, 4) is 5.75 Å². The average Bonchev–Trinajstić information content (AvgIpc) is 2.97. The van der Waals surface area contributed by atoms with Crippen molar-refractivity contribution in [3.63, 3.8) is 0 Å². The number of nitrogens with one attached hydrogen (secondary N) is 2. The van der Waals surface area contributed by atoms with Crippen LogP contribution in [0.1, 0.15) is 12.5 Å².